The van der Waals surface area contributed by atoms with E-state index in [1.165, 1.54) is 0 Å². The topological polar surface area (TPSA) is 39.1 Å². The monoisotopic (exact) mass is 265 g/mol. The smallest absolute Gasteiger partial charge is 0.204 e. The first-order valence-electron chi connectivity index (χ1n) is 5.25. The first kappa shape index (κ1) is 13.8. The van der Waals surface area contributed by atoms with Gasteiger partial charge in [-0.25, -0.2) is 4.98 Å². The van der Waals surface area contributed by atoms with Gasteiger partial charge in [-0.2, -0.15) is 0 Å². The SMILES string of the molecule is CCOC(C)CNCc1c(Cl)nc(Cl)n1C. The quantitative estimate of drug-likeness (QED) is 0.858. The molecule has 1 aromatic heterocycles. The van der Waals surface area contributed by atoms with Gasteiger partial charge in [0.25, 0.3) is 0 Å². The second-order valence-electron chi connectivity index (χ2n) is 3.57. The Hall–Kier alpha value is -0.290. The highest BCUT2D eigenvalue weighted by molar-refractivity contribution is 6.32. The molecule has 0 aliphatic heterocycles. The lowest BCUT2D eigenvalue weighted by molar-refractivity contribution is 0.0758. The number of hydrogen-bond acceptors (Lipinski definition) is 3. The maximum atomic E-state index is 5.94. The largest absolute Gasteiger partial charge is 0.377 e. The van der Waals surface area contributed by atoms with Gasteiger partial charge in [-0.1, -0.05) is 11.6 Å². The average molecular weight is 266 g/mol. The van der Waals surface area contributed by atoms with Crippen LogP contribution in [0.3, 0.4) is 0 Å². The van der Waals surface area contributed by atoms with Crippen molar-refractivity contribution in [2.75, 3.05) is 13.2 Å². The van der Waals surface area contributed by atoms with Gasteiger partial charge in [-0.15, -0.1) is 0 Å². The number of imidazole rings is 1. The summed E-state index contributed by atoms with van der Waals surface area (Å²) in [5, 5.41) is 4.10. The van der Waals surface area contributed by atoms with E-state index >= 15 is 0 Å². The van der Waals surface area contributed by atoms with Crippen molar-refractivity contribution in [1.82, 2.24) is 14.9 Å². The first-order valence-corrected chi connectivity index (χ1v) is 6.00. The van der Waals surface area contributed by atoms with Gasteiger partial charge in [0.05, 0.1) is 11.8 Å². The van der Waals surface area contributed by atoms with Crippen molar-refractivity contribution < 1.29 is 4.74 Å². The molecule has 16 heavy (non-hydrogen) atoms. The molecular formula is C10H17Cl2N3O. The highest BCUT2D eigenvalue weighted by Gasteiger charge is 2.11. The van der Waals surface area contributed by atoms with Crippen LogP contribution in [0.2, 0.25) is 10.4 Å². The van der Waals surface area contributed by atoms with Gasteiger partial charge in [0, 0.05) is 26.7 Å². The van der Waals surface area contributed by atoms with E-state index in [9.17, 15) is 0 Å². The van der Waals surface area contributed by atoms with Crippen molar-refractivity contribution in [2.24, 2.45) is 7.05 Å². The van der Waals surface area contributed by atoms with E-state index in [2.05, 4.69) is 10.3 Å². The first-order chi connectivity index (χ1) is 7.56. The highest BCUT2D eigenvalue weighted by Crippen LogP contribution is 2.18. The fourth-order valence-corrected chi connectivity index (χ4v) is 1.90. The molecule has 6 heteroatoms. The van der Waals surface area contributed by atoms with Crippen LogP contribution in [-0.2, 0) is 18.3 Å². The Morgan fingerprint density at radius 3 is 2.69 bits per heavy atom. The Kier molecular flexibility index (Phi) is 5.55. The number of nitrogens with one attached hydrogen (secondary N) is 1. The van der Waals surface area contributed by atoms with Crippen molar-refractivity contribution in [3.63, 3.8) is 0 Å². The molecule has 0 aliphatic rings. The summed E-state index contributed by atoms with van der Waals surface area (Å²) in [5.74, 6) is 0. The van der Waals surface area contributed by atoms with E-state index in [0.717, 1.165) is 18.8 Å². The van der Waals surface area contributed by atoms with Crippen LogP contribution in [0, 0.1) is 0 Å². The molecule has 0 fully saturated rings. The summed E-state index contributed by atoms with van der Waals surface area (Å²) in [6.07, 6.45) is 0.187. The summed E-state index contributed by atoms with van der Waals surface area (Å²) in [4.78, 5) is 3.97. The van der Waals surface area contributed by atoms with Crippen LogP contribution in [0.15, 0.2) is 0 Å². The zero-order chi connectivity index (χ0) is 12.1. The van der Waals surface area contributed by atoms with Crippen LogP contribution in [0.1, 0.15) is 19.5 Å². The average Bonchev–Trinajstić information content (AvgIpc) is 2.45. The van der Waals surface area contributed by atoms with E-state index in [1.807, 2.05) is 20.9 Å². The van der Waals surface area contributed by atoms with E-state index < -0.39 is 0 Å². The molecule has 0 spiro atoms. The molecule has 92 valence electrons. The molecule has 1 heterocycles. The van der Waals surface area contributed by atoms with Crippen LogP contribution in [0.5, 0.6) is 0 Å². The second kappa shape index (κ2) is 6.45. The molecule has 1 unspecified atom stereocenters. The minimum absolute atomic E-state index is 0.187. The van der Waals surface area contributed by atoms with Crippen LogP contribution >= 0.6 is 23.2 Å². The molecule has 1 N–H and O–H groups in total. The van der Waals surface area contributed by atoms with Crippen molar-refractivity contribution >= 4 is 23.2 Å². The van der Waals surface area contributed by atoms with Gasteiger partial charge >= 0.3 is 0 Å². The maximum absolute atomic E-state index is 5.94. The van der Waals surface area contributed by atoms with E-state index in [-0.39, 0.29) is 6.10 Å². The van der Waals surface area contributed by atoms with Crippen LogP contribution in [0.25, 0.3) is 0 Å². The second-order valence-corrected chi connectivity index (χ2v) is 4.27. The van der Waals surface area contributed by atoms with Crippen molar-refractivity contribution in [2.45, 2.75) is 26.5 Å². The molecule has 4 nitrogen and oxygen atoms in total. The zero-order valence-corrected chi connectivity index (χ0v) is 11.3. The fraction of sp³-hybridized carbons (Fsp3) is 0.700. The molecule has 0 amide bonds. The van der Waals surface area contributed by atoms with Gasteiger partial charge in [-0.3, -0.25) is 0 Å². The number of rotatable bonds is 6. The van der Waals surface area contributed by atoms with E-state index in [4.69, 9.17) is 27.9 Å². The molecule has 1 aromatic rings. The van der Waals surface area contributed by atoms with E-state index in [0.29, 0.717) is 17.0 Å². The molecule has 0 saturated heterocycles. The molecule has 1 rings (SSSR count). The fourth-order valence-electron chi connectivity index (χ4n) is 1.40. The van der Waals surface area contributed by atoms with E-state index in [1.54, 1.807) is 4.57 Å². The summed E-state index contributed by atoms with van der Waals surface area (Å²) < 4.78 is 7.17. The standard InChI is InChI=1S/C10H17Cl2N3O/c1-4-16-7(2)5-13-6-8-9(11)14-10(12)15(8)3/h7,13H,4-6H2,1-3H3. The van der Waals surface area contributed by atoms with Gasteiger partial charge in [0.2, 0.25) is 5.28 Å². The van der Waals surface area contributed by atoms with Crippen LogP contribution in [-0.4, -0.2) is 28.8 Å². The van der Waals surface area contributed by atoms with Crippen molar-refractivity contribution in [1.29, 1.82) is 0 Å². The van der Waals surface area contributed by atoms with Crippen molar-refractivity contribution in [3.8, 4) is 0 Å². The minimum Gasteiger partial charge on any atom is -0.377 e. The Bertz CT molecular complexity index is 341. The third kappa shape index (κ3) is 3.63. The molecule has 0 bridgehead atoms. The number of ether oxygens (including phenoxy) is 1. The Balaban J connectivity index is 2.43. The normalized spacial score (nSPS) is 13.1. The lowest BCUT2D eigenvalue weighted by atomic mass is 10.3. The van der Waals surface area contributed by atoms with Gasteiger partial charge in [0.1, 0.15) is 0 Å². The van der Waals surface area contributed by atoms with Crippen LogP contribution in [0.4, 0.5) is 0 Å². The van der Waals surface area contributed by atoms with Gasteiger partial charge in [-0.05, 0) is 25.4 Å². The Morgan fingerprint density at radius 2 is 2.19 bits per heavy atom. The molecule has 0 aromatic carbocycles. The minimum atomic E-state index is 0.187. The third-order valence-corrected chi connectivity index (χ3v) is 2.93. The highest BCUT2D eigenvalue weighted by atomic mass is 35.5. The maximum Gasteiger partial charge on any atom is 0.204 e. The third-order valence-electron chi connectivity index (χ3n) is 2.29. The zero-order valence-electron chi connectivity index (χ0n) is 9.76. The molecule has 0 saturated carbocycles. The predicted octanol–water partition coefficient (Wildman–Crippen LogP) is 2.24. The van der Waals surface area contributed by atoms with Gasteiger partial charge < -0.3 is 14.6 Å². The van der Waals surface area contributed by atoms with Crippen molar-refractivity contribution in [3.05, 3.63) is 16.1 Å². The molecule has 0 aliphatic carbocycles. The predicted molar refractivity (Wildman–Crippen MR) is 66.0 cm³/mol. The van der Waals surface area contributed by atoms with Crippen LogP contribution < -0.4 is 5.32 Å². The summed E-state index contributed by atoms with van der Waals surface area (Å²) >= 11 is 11.8. The molecule has 0 radical (unpaired) electrons. The van der Waals surface area contributed by atoms with Gasteiger partial charge in [0.15, 0.2) is 5.15 Å². The summed E-state index contributed by atoms with van der Waals surface area (Å²) in [5.41, 5.74) is 0.885. The lowest BCUT2D eigenvalue weighted by Crippen LogP contribution is -2.27. The number of hydrogen-bond donors (Lipinski definition) is 1. The molecular weight excluding hydrogens is 249 g/mol. The number of halogens is 2. The Morgan fingerprint density at radius 1 is 1.50 bits per heavy atom. The Labute approximate surface area is 106 Å². The number of aromatic nitrogens is 2. The lowest BCUT2D eigenvalue weighted by Gasteiger charge is -2.12. The molecule has 1 atom stereocenters. The summed E-state index contributed by atoms with van der Waals surface area (Å²) in [7, 11) is 1.84. The summed E-state index contributed by atoms with van der Waals surface area (Å²) in [6.45, 7) is 6.13. The number of nitrogens with zero attached hydrogens (tertiary/aromatic N) is 2. The summed E-state index contributed by atoms with van der Waals surface area (Å²) in [6, 6.07) is 0.